The van der Waals surface area contributed by atoms with Crippen LogP contribution in [0, 0.1) is 0 Å². The molecule has 1 unspecified atom stereocenters. The topological polar surface area (TPSA) is 80.3 Å². The minimum atomic E-state index is -3.22. The van der Waals surface area contributed by atoms with Crippen LogP contribution in [0.1, 0.15) is 24.8 Å². The van der Waals surface area contributed by atoms with Crippen molar-refractivity contribution in [1.82, 2.24) is 15.0 Å². The van der Waals surface area contributed by atoms with Crippen LogP contribution in [0.4, 0.5) is 0 Å². The highest BCUT2D eigenvalue weighted by Gasteiger charge is 2.22. The lowest BCUT2D eigenvalue weighted by molar-refractivity contribution is 0.127. The summed E-state index contributed by atoms with van der Waals surface area (Å²) in [6.07, 6.45) is 5.98. The second-order valence-electron chi connectivity index (χ2n) is 5.20. The van der Waals surface area contributed by atoms with Crippen molar-refractivity contribution in [3.63, 3.8) is 0 Å². The molecular formula is C14H23N3O3S. The largest absolute Gasteiger partial charge is 0.377 e. The van der Waals surface area contributed by atoms with Gasteiger partial charge in [0.05, 0.1) is 11.9 Å². The lowest BCUT2D eigenvalue weighted by Gasteiger charge is -2.11. The van der Waals surface area contributed by atoms with Gasteiger partial charge in [-0.2, -0.15) is 0 Å². The Morgan fingerprint density at radius 3 is 3.00 bits per heavy atom. The number of hydrogen-bond donors (Lipinski definition) is 2. The molecular weight excluding hydrogens is 290 g/mol. The molecule has 2 heterocycles. The van der Waals surface area contributed by atoms with Gasteiger partial charge in [-0.05, 0) is 37.4 Å². The molecule has 0 saturated carbocycles. The van der Waals surface area contributed by atoms with Gasteiger partial charge in [0.15, 0.2) is 0 Å². The van der Waals surface area contributed by atoms with Crippen molar-refractivity contribution in [3.8, 4) is 0 Å². The summed E-state index contributed by atoms with van der Waals surface area (Å²) in [6, 6.07) is 3.90. The maximum Gasteiger partial charge on any atom is 0.214 e. The molecule has 0 amide bonds. The molecule has 0 bridgehead atoms. The van der Waals surface area contributed by atoms with Crippen molar-refractivity contribution in [1.29, 1.82) is 0 Å². The average Bonchev–Trinajstić information content (AvgIpc) is 2.96. The Balaban J connectivity index is 1.54. The third-order valence-electron chi connectivity index (χ3n) is 3.33. The van der Waals surface area contributed by atoms with Crippen LogP contribution in [-0.4, -0.2) is 45.0 Å². The van der Waals surface area contributed by atoms with E-state index in [1.807, 2.05) is 18.3 Å². The summed E-state index contributed by atoms with van der Waals surface area (Å²) in [5, 5.41) is 3.26. The first-order valence-electron chi connectivity index (χ1n) is 7.34. The van der Waals surface area contributed by atoms with E-state index in [9.17, 15) is 8.42 Å². The number of rotatable bonds is 9. The van der Waals surface area contributed by atoms with Gasteiger partial charge >= 0.3 is 0 Å². The van der Waals surface area contributed by atoms with E-state index < -0.39 is 10.0 Å². The van der Waals surface area contributed by atoms with E-state index in [1.54, 1.807) is 6.20 Å². The summed E-state index contributed by atoms with van der Waals surface area (Å²) < 4.78 is 31.6. The van der Waals surface area contributed by atoms with Crippen LogP contribution < -0.4 is 10.0 Å². The Morgan fingerprint density at radius 2 is 2.29 bits per heavy atom. The molecule has 1 aliphatic rings. The predicted octanol–water partition coefficient (Wildman–Crippen LogP) is 0.660. The number of nitrogens with one attached hydrogen (secondary N) is 2. The first kappa shape index (κ1) is 16.4. The number of sulfonamides is 1. The summed E-state index contributed by atoms with van der Waals surface area (Å²) in [7, 11) is -3.22. The van der Waals surface area contributed by atoms with E-state index in [1.165, 1.54) is 0 Å². The second-order valence-corrected chi connectivity index (χ2v) is 7.05. The standard InChI is InChI=1S/C14H23N3O3S/c18-21(19,12-14-5-2-9-20-14)17-8-3-7-16-11-13-4-1-6-15-10-13/h1,4,6,10,14,16-17H,2-3,5,7-9,11-12H2. The fourth-order valence-corrected chi connectivity index (χ4v) is 3.58. The lowest BCUT2D eigenvalue weighted by atomic mass is 10.3. The van der Waals surface area contributed by atoms with Crippen LogP contribution in [0.25, 0.3) is 0 Å². The van der Waals surface area contributed by atoms with Gasteiger partial charge in [0.1, 0.15) is 0 Å². The van der Waals surface area contributed by atoms with Gasteiger partial charge in [-0.15, -0.1) is 0 Å². The van der Waals surface area contributed by atoms with Crippen LogP contribution in [-0.2, 0) is 21.3 Å². The number of aromatic nitrogens is 1. The fraction of sp³-hybridized carbons (Fsp3) is 0.643. The van der Waals surface area contributed by atoms with Crippen molar-refractivity contribution >= 4 is 10.0 Å². The molecule has 0 aliphatic carbocycles. The van der Waals surface area contributed by atoms with Gasteiger partial charge in [-0.1, -0.05) is 6.07 Å². The van der Waals surface area contributed by atoms with Gasteiger partial charge in [-0.3, -0.25) is 4.98 Å². The fourth-order valence-electron chi connectivity index (χ4n) is 2.26. The second kappa shape index (κ2) is 8.43. The highest BCUT2D eigenvalue weighted by molar-refractivity contribution is 7.89. The molecule has 1 saturated heterocycles. The van der Waals surface area contributed by atoms with Gasteiger partial charge < -0.3 is 10.1 Å². The number of pyridine rings is 1. The number of ether oxygens (including phenoxy) is 1. The average molecular weight is 313 g/mol. The minimum absolute atomic E-state index is 0.0795. The molecule has 1 aromatic heterocycles. The van der Waals surface area contributed by atoms with Crippen LogP contribution in [0.5, 0.6) is 0 Å². The zero-order valence-corrected chi connectivity index (χ0v) is 12.9. The third-order valence-corrected chi connectivity index (χ3v) is 4.79. The minimum Gasteiger partial charge on any atom is -0.377 e. The lowest BCUT2D eigenvalue weighted by Crippen LogP contribution is -2.33. The normalized spacial score (nSPS) is 19.0. The molecule has 0 radical (unpaired) electrons. The highest BCUT2D eigenvalue weighted by atomic mass is 32.2. The monoisotopic (exact) mass is 313 g/mol. The van der Waals surface area contributed by atoms with E-state index in [4.69, 9.17) is 4.74 Å². The van der Waals surface area contributed by atoms with Crippen LogP contribution >= 0.6 is 0 Å². The summed E-state index contributed by atoms with van der Waals surface area (Å²) >= 11 is 0. The van der Waals surface area contributed by atoms with Crippen molar-refractivity contribution < 1.29 is 13.2 Å². The smallest absolute Gasteiger partial charge is 0.214 e. The molecule has 0 spiro atoms. The highest BCUT2D eigenvalue weighted by Crippen LogP contribution is 2.13. The first-order chi connectivity index (χ1) is 10.2. The molecule has 118 valence electrons. The Hall–Kier alpha value is -1.02. The van der Waals surface area contributed by atoms with Gasteiger partial charge in [0.25, 0.3) is 0 Å². The van der Waals surface area contributed by atoms with E-state index in [0.29, 0.717) is 13.2 Å². The van der Waals surface area contributed by atoms with E-state index in [2.05, 4.69) is 15.0 Å². The van der Waals surface area contributed by atoms with Gasteiger partial charge in [0, 0.05) is 32.1 Å². The predicted molar refractivity (Wildman–Crippen MR) is 81.3 cm³/mol. The SMILES string of the molecule is O=S(=O)(CC1CCCO1)NCCCNCc1cccnc1. The summed E-state index contributed by atoms with van der Waals surface area (Å²) in [6.45, 7) is 2.64. The van der Waals surface area contributed by atoms with Crippen molar-refractivity contribution in [3.05, 3.63) is 30.1 Å². The zero-order chi connectivity index (χ0) is 15.0. The summed E-state index contributed by atoms with van der Waals surface area (Å²) in [4.78, 5) is 4.04. The molecule has 1 fully saturated rings. The Kier molecular flexibility index (Phi) is 6.56. The van der Waals surface area contributed by atoms with Crippen LogP contribution in [0.15, 0.2) is 24.5 Å². The number of nitrogens with zero attached hydrogens (tertiary/aromatic N) is 1. The first-order valence-corrected chi connectivity index (χ1v) is 8.99. The van der Waals surface area contributed by atoms with E-state index in [0.717, 1.165) is 37.9 Å². The van der Waals surface area contributed by atoms with Gasteiger partial charge in [-0.25, -0.2) is 13.1 Å². The molecule has 1 aliphatic heterocycles. The molecule has 1 aromatic rings. The van der Waals surface area contributed by atoms with Crippen molar-refractivity contribution in [2.24, 2.45) is 0 Å². The van der Waals surface area contributed by atoms with Crippen LogP contribution in [0.2, 0.25) is 0 Å². The van der Waals surface area contributed by atoms with Gasteiger partial charge in [0.2, 0.25) is 10.0 Å². The molecule has 6 nitrogen and oxygen atoms in total. The quantitative estimate of drug-likeness (QED) is 0.655. The number of hydrogen-bond acceptors (Lipinski definition) is 5. The Morgan fingerprint density at radius 1 is 1.38 bits per heavy atom. The zero-order valence-electron chi connectivity index (χ0n) is 12.1. The molecule has 7 heteroatoms. The summed E-state index contributed by atoms with van der Waals surface area (Å²) in [5.41, 5.74) is 1.12. The molecule has 21 heavy (non-hydrogen) atoms. The summed E-state index contributed by atoms with van der Waals surface area (Å²) in [5.74, 6) is 0.0795. The van der Waals surface area contributed by atoms with E-state index >= 15 is 0 Å². The maximum atomic E-state index is 11.8. The Bertz CT molecular complexity index is 501. The maximum absolute atomic E-state index is 11.8. The Labute approximate surface area is 126 Å². The molecule has 2 rings (SSSR count). The van der Waals surface area contributed by atoms with Crippen molar-refractivity contribution in [2.75, 3.05) is 25.4 Å². The molecule has 0 aromatic carbocycles. The molecule has 1 atom stereocenters. The van der Waals surface area contributed by atoms with Crippen LogP contribution in [0.3, 0.4) is 0 Å². The molecule has 2 N–H and O–H groups in total. The van der Waals surface area contributed by atoms with E-state index in [-0.39, 0.29) is 11.9 Å². The third kappa shape index (κ3) is 6.52. The van der Waals surface area contributed by atoms with Crippen molar-refractivity contribution in [2.45, 2.75) is 31.9 Å².